The van der Waals surface area contributed by atoms with E-state index in [4.69, 9.17) is 0 Å². The predicted octanol–water partition coefficient (Wildman–Crippen LogP) is 0.444. The van der Waals surface area contributed by atoms with Gasteiger partial charge in [0.2, 0.25) is 5.91 Å². The van der Waals surface area contributed by atoms with Crippen molar-refractivity contribution in [2.24, 2.45) is 5.92 Å². The molecule has 1 heterocycles. The van der Waals surface area contributed by atoms with E-state index >= 15 is 0 Å². The van der Waals surface area contributed by atoms with Gasteiger partial charge >= 0.3 is 0 Å². The van der Waals surface area contributed by atoms with Gasteiger partial charge < -0.3 is 10.6 Å². The third-order valence-corrected chi connectivity index (χ3v) is 3.08. The van der Waals surface area contributed by atoms with Gasteiger partial charge in [-0.15, -0.1) is 0 Å². The smallest absolute Gasteiger partial charge is 0.234 e. The maximum Gasteiger partial charge on any atom is 0.234 e. The highest BCUT2D eigenvalue weighted by molar-refractivity contribution is 5.77. The van der Waals surface area contributed by atoms with Crippen molar-refractivity contribution in [2.45, 2.75) is 26.2 Å². The molecule has 4 heteroatoms. The lowest BCUT2D eigenvalue weighted by Gasteiger charge is -2.15. The molecule has 1 amide bonds. The lowest BCUT2D eigenvalue weighted by molar-refractivity contribution is -0.122. The van der Waals surface area contributed by atoms with Crippen LogP contribution in [0.2, 0.25) is 0 Å². The zero-order valence-electron chi connectivity index (χ0n) is 10.6. The van der Waals surface area contributed by atoms with E-state index in [1.165, 1.54) is 6.42 Å². The molecule has 0 aromatic rings. The number of hydrogen-bond donors (Lipinski definition) is 2. The van der Waals surface area contributed by atoms with Crippen molar-refractivity contribution in [1.29, 1.82) is 0 Å². The topological polar surface area (TPSA) is 44.4 Å². The summed E-state index contributed by atoms with van der Waals surface area (Å²) in [5, 5.41) is 6.16. The largest absolute Gasteiger partial charge is 0.355 e. The Labute approximate surface area is 98.8 Å². The zero-order chi connectivity index (χ0) is 11.8. The highest BCUT2D eigenvalue weighted by Gasteiger charge is 2.22. The van der Waals surface area contributed by atoms with Gasteiger partial charge in [0.1, 0.15) is 0 Å². The summed E-state index contributed by atoms with van der Waals surface area (Å²) in [7, 11) is 1.99. The molecule has 4 nitrogen and oxygen atoms in total. The molecule has 2 N–H and O–H groups in total. The SMILES string of the molecule is CCCCNC(=O)CN1CCC(CNC)C1. The van der Waals surface area contributed by atoms with Crippen LogP contribution in [0.1, 0.15) is 26.2 Å². The Morgan fingerprint density at radius 1 is 1.50 bits per heavy atom. The molecule has 1 unspecified atom stereocenters. The molecule has 1 aliphatic rings. The molecule has 1 rings (SSSR count). The molecule has 0 radical (unpaired) electrons. The standard InChI is InChI=1S/C12H25N3O/c1-3-4-6-14-12(16)10-15-7-5-11(9-15)8-13-2/h11,13H,3-10H2,1-2H3,(H,14,16). The Morgan fingerprint density at radius 2 is 2.31 bits per heavy atom. The number of nitrogens with zero attached hydrogens (tertiary/aromatic N) is 1. The molecule has 94 valence electrons. The molecule has 0 aromatic carbocycles. The van der Waals surface area contributed by atoms with Gasteiger partial charge in [0.05, 0.1) is 6.54 Å². The minimum atomic E-state index is 0.179. The number of amides is 1. The van der Waals surface area contributed by atoms with Crippen LogP contribution < -0.4 is 10.6 Å². The van der Waals surface area contributed by atoms with Crippen molar-refractivity contribution >= 4 is 5.91 Å². The van der Waals surface area contributed by atoms with Gasteiger partial charge in [-0.2, -0.15) is 0 Å². The minimum Gasteiger partial charge on any atom is -0.355 e. The number of rotatable bonds is 7. The maximum atomic E-state index is 11.6. The highest BCUT2D eigenvalue weighted by Crippen LogP contribution is 2.14. The van der Waals surface area contributed by atoms with Crippen LogP contribution in [0.5, 0.6) is 0 Å². The van der Waals surface area contributed by atoms with Crippen LogP contribution in [-0.4, -0.2) is 50.6 Å². The molecule has 0 aliphatic carbocycles. The first-order valence-electron chi connectivity index (χ1n) is 6.40. The van der Waals surface area contributed by atoms with E-state index in [0.29, 0.717) is 12.5 Å². The Morgan fingerprint density at radius 3 is 3.00 bits per heavy atom. The first-order chi connectivity index (χ1) is 7.76. The van der Waals surface area contributed by atoms with Crippen LogP contribution >= 0.6 is 0 Å². The van der Waals surface area contributed by atoms with Gasteiger partial charge in [-0.25, -0.2) is 0 Å². The maximum absolute atomic E-state index is 11.6. The van der Waals surface area contributed by atoms with Crippen molar-refractivity contribution in [2.75, 3.05) is 39.8 Å². The molecular formula is C12H25N3O. The van der Waals surface area contributed by atoms with Crippen LogP contribution in [0.15, 0.2) is 0 Å². The van der Waals surface area contributed by atoms with Gasteiger partial charge in [0.25, 0.3) is 0 Å². The van der Waals surface area contributed by atoms with Gasteiger partial charge in [-0.3, -0.25) is 9.69 Å². The van der Waals surface area contributed by atoms with E-state index in [0.717, 1.165) is 39.0 Å². The molecule has 1 atom stereocenters. The normalized spacial score (nSPS) is 21.2. The van der Waals surface area contributed by atoms with Gasteiger partial charge in [-0.05, 0) is 38.9 Å². The molecule has 1 aliphatic heterocycles. The molecule has 0 bridgehead atoms. The summed E-state index contributed by atoms with van der Waals surface area (Å²) in [6.45, 7) is 6.71. The number of carbonyl (C=O) groups is 1. The van der Waals surface area contributed by atoms with Crippen LogP contribution in [-0.2, 0) is 4.79 Å². The van der Waals surface area contributed by atoms with Crippen molar-refractivity contribution in [3.05, 3.63) is 0 Å². The van der Waals surface area contributed by atoms with Gasteiger partial charge in [0, 0.05) is 13.1 Å². The summed E-state index contributed by atoms with van der Waals surface area (Å²) in [5.41, 5.74) is 0. The summed E-state index contributed by atoms with van der Waals surface area (Å²) in [4.78, 5) is 13.8. The number of carbonyl (C=O) groups excluding carboxylic acids is 1. The van der Waals surface area contributed by atoms with Crippen LogP contribution in [0, 0.1) is 5.92 Å². The monoisotopic (exact) mass is 227 g/mol. The third kappa shape index (κ3) is 4.94. The Bertz CT molecular complexity index is 208. The van der Waals surface area contributed by atoms with Crippen molar-refractivity contribution in [3.8, 4) is 0 Å². The van der Waals surface area contributed by atoms with Gasteiger partial charge in [-0.1, -0.05) is 13.3 Å². The fraction of sp³-hybridized carbons (Fsp3) is 0.917. The van der Waals surface area contributed by atoms with Crippen LogP contribution in [0.3, 0.4) is 0 Å². The Kier molecular flexibility index (Phi) is 6.42. The lowest BCUT2D eigenvalue weighted by Crippen LogP contribution is -2.36. The van der Waals surface area contributed by atoms with E-state index in [-0.39, 0.29) is 5.91 Å². The Hall–Kier alpha value is -0.610. The number of unbranched alkanes of at least 4 members (excludes halogenated alkanes) is 1. The van der Waals surface area contributed by atoms with Gasteiger partial charge in [0.15, 0.2) is 0 Å². The molecular weight excluding hydrogens is 202 g/mol. The number of nitrogens with one attached hydrogen (secondary N) is 2. The summed E-state index contributed by atoms with van der Waals surface area (Å²) >= 11 is 0. The fourth-order valence-corrected chi connectivity index (χ4v) is 2.18. The average Bonchev–Trinajstić information content (AvgIpc) is 2.66. The van der Waals surface area contributed by atoms with Crippen molar-refractivity contribution in [1.82, 2.24) is 15.5 Å². The first-order valence-corrected chi connectivity index (χ1v) is 6.40. The van der Waals surface area contributed by atoms with E-state index in [9.17, 15) is 4.79 Å². The number of hydrogen-bond acceptors (Lipinski definition) is 3. The molecule has 1 saturated heterocycles. The molecule has 0 spiro atoms. The molecule has 0 saturated carbocycles. The first kappa shape index (κ1) is 13.5. The summed E-state index contributed by atoms with van der Waals surface area (Å²) in [6, 6.07) is 0. The third-order valence-electron chi connectivity index (χ3n) is 3.08. The average molecular weight is 227 g/mol. The predicted molar refractivity (Wildman–Crippen MR) is 66.4 cm³/mol. The summed E-state index contributed by atoms with van der Waals surface area (Å²) in [5.74, 6) is 0.895. The van der Waals surface area contributed by atoms with E-state index in [2.05, 4.69) is 22.5 Å². The second-order valence-electron chi connectivity index (χ2n) is 4.65. The molecule has 16 heavy (non-hydrogen) atoms. The highest BCUT2D eigenvalue weighted by atomic mass is 16.2. The Balaban J connectivity index is 2.11. The quantitative estimate of drug-likeness (QED) is 0.621. The molecule has 0 aromatic heterocycles. The van der Waals surface area contributed by atoms with Crippen molar-refractivity contribution < 1.29 is 4.79 Å². The van der Waals surface area contributed by atoms with E-state index in [1.54, 1.807) is 0 Å². The minimum absolute atomic E-state index is 0.179. The second kappa shape index (κ2) is 7.63. The lowest BCUT2D eigenvalue weighted by atomic mass is 10.1. The summed E-state index contributed by atoms with van der Waals surface area (Å²) < 4.78 is 0. The van der Waals surface area contributed by atoms with E-state index < -0.39 is 0 Å². The molecule has 1 fully saturated rings. The zero-order valence-corrected chi connectivity index (χ0v) is 10.6. The van der Waals surface area contributed by atoms with Crippen molar-refractivity contribution in [3.63, 3.8) is 0 Å². The second-order valence-corrected chi connectivity index (χ2v) is 4.65. The van der Waals surface area contributed by atoms with Crippen LogP contribution in [0.25, 0.3) is 0 Å². The number of likely N-dealkylation sites (tertiary alicyclic amines) is 1. The van der Waals surface area contributed by atoms with Crippen LogP contribution in [0.4, 0.5) is 0 Å². The van der Waals surface area contributed by atoms with E-state index in [1.807, 2.05) is 7.05 Å². The fourth-order valence-electron chi connectivity index (χ4n) is 2.18. The summed E-state index contributed by atoms with van der Waals surface area (Å²) in [6.07, 6.45) is 3.42.